The van der Waals surface area contributed by atoms with Gasteiger partial charge in [0.15, 0.2) is 0 Å². The van der Waals surface area contributed by atoms with Gasteiger partial charge in [-0.2, -0.15) is 10.5 Å². The fourth-order valence-corrected chi connectivity index (χ4v) is 0.0791. The summed E-state index contributed by atoms with van der Waals surface area (Å²) in [5, 5.41) is 16.5. The lowest BCUT2D eigenvalue weighted by Gasteiger charge is -2.08. The highest BCUT2D eigenvalue weighted by molar-refractivity contribution is 4.89. The lowest BCUT2D eigenvalue weighted by molar-refractivity contribution is 0.477. The summed E-state index contributed by atoms with van der Waals surface area (Å²) in [5.41, 5.74) is -0.264. The molecule has 0 amide bonds. The van der Waals surface area contributed by atoms with Crippen LogP contribution in [0.3, 0.4) is 0 Å². The fraction of sp³-hybridized carbons (Fsp3) is 0.857. The second kappa shape index (κ2) is 12.1. The van der Waals surface area contributed by atoms with Crippen LogP contribution in [0.5, 0.6) is 0 Å². The van der Waals surface area contributed by atoms with Gasteiger partial charge in [0.25, 0.3) is 0 Å². The van der Waals surface area contributed by atoms with Crippen molar-refractivity contribution in [1.29, 1.82) is 10.5 Å². The molecule has 0 N–H and O–H groups in total. The lowest BCUT2D eigenvalue weighted by Crippen LogP contribution is -2.03. The Bertz CT molecular complexity index is 208. The molecule has 0 radical (unpaired) electrons. The Morgan fingerprint density at radius 3 is 1.06 bits per heavy atom. The average molecular weight is 228 g/mol. The zero-order valence-electron chi connectivity index (χ0n) is 9.60. The fourth-order valence-electron chi connectivity index (χ4n) is 0.0791. The van der Waals surface area contributed by atoms with Crippen molar-refractivity contribution in [2.75, 3.05) is 0 Å². The molecule has 0 atom stereocenters. The topological polar surface area (TPSA) is 47.6 Å². The molecule has 98 valence electrons. The number of hydrogen-bond acceptors (Lipinski definition) is 2. The molecule has 0 spiro atoms. The molecule has 0 bridgehead atoms. The van der Waals surface area contributed by atoms with Crippen molar-refractivity contribution in [1.82, 2.24) is 0 Å². The van der Waals surface area contributed by atoms with Gasteiger partial charge in [0, 0.05) is 5.41 Å². The van der Waals surface area contributed by atoms with Crippen LogP contribution in [0.2, 0.25) is 0 Å². The van der Waals surface area contributed by atoms with Crippen LogP contribution in [-0.4, -0.2) is 0 Å². The third-order valence-corrected chi connectivity index (χ3v) is 1.52. The minimum absolute atomic E-state index is 0. The van der Waals surface area contributed by atoms with E-state index in [0.717, 1.165) is 6.42 Å². The summed E-state index contributed by atoms with van der Waals surface area (Å²) >= 11 is 0. The maximum Gasteiger partial charge on any atom is 0.0683 e. The van der Waals surface area contributed by atoms with Crippen LogP contribution >= 0.6 is 0 Å². The Kier molecular flexibility index (Phi) is 22.1. The smallest absolute Gasteiger partial charge is 0.0683 e. The second-order valence-corrected chi connectivity index (χ2v) is 4.71. The van der Waals surface area contributed by atoms with Crippen LogP contribution in [-0.2, 0) is 0 Å². The maximum atomic E-state index is 8.34. The zero-order chi connectivity index (χ0) is 11.1. The Hall–Kier alpha value is -1.02. The van der Waals surface area contributed by atoms with Gasteiger partial charge in [-0.25, -0.2) is 0 Å². The van der Waals surface area contributed by atoms with E-state index in [1.165, 1.54) is 0 Å². The Labute approximate surface area is 104 Å². The van der Waals surface area contributed by atoms with Crippen LogP contribution in [0.4, 0.5) is 0 Å². The standard InChI is InChI=1S/C6H11N.C5H9N.3CH4/c1-4-6(2,3)5-7;1-5(2,3)4-6;;;/h4H2,1-3H3;1-3H3;3*1H4. The quantitative estimate of drug-likeness (QED) is 0.602. The molecule has 0 heterocycles. The number of rotatable bonds is 1. The number of nitriles is 2. The summed E-state index contributed by atoms with van der Waals surface area (Å²) in [6, 6.07) is 4.30. The van der Waals surface area contributed by atoms with Gasteiger partial charge in [0.1, 0.15) is 0 Å². The molecule has 0 aromatic carbocycles. The molecule has 0 fully saturated rings. The molecule has 0 aliphatic carbocycles. The van der Waals surface area contributed by atoms with Crippen LogP contribution < -0.4 is 0 Å². The molecule has 16 heavy (non-hydrogen) atoms. The third-order valence-electron chi connectivity index (χ3n) is 1.52. The largest absolute Gasteiger partial charge is 0.198 e. The SMILES string of the molecule is C.C.C.CC(C)(C)C#N.CCC(C)(C)C#N. The minimum Gasteiger partial charge on any atom is -0.198 e. The Morgan fingerprint density at radius 1 is 0.812 bits per heavy atom. The van der Waals surface area contributed by atoms with Gasteiger partial charge in [-0.1, -0.05) is 29.2 Å². The van der Waals surface area contributed by atoms with Crippen molar-refractivity contribution in [2.45, 2.75) is 70.2 Å². The lowest BCUT2D eigenvalue weighted by atomic mass is 9.93. The van der Waals surface area contributed by atoms with Gasteiger partial charge in [0.2, 0.25) is 0 Å². The molecule has 0 aliphatic heterocycles. The van der Waals surface area contributed by atoms with E-state index in [1.54, 1.807) is 0 Å². The van der Waals surface area contributed by atoms with Crippen LogP contribution in [0.15, 0.2) is 0 Å². The summed E-state index contributed by atoms with van der Waals surface area (Å²) in [6.45, 7) is 11.5. The molecule has 0 saturated carbocycles. The van der Waals surface area contributed by atoms with Crippen molar-refractivity contribution in [3.05, 3.63) is 0 Å². The highest BCUT2D eigenvalue weighted by atomic mass is 14.3. The summed E-state index contributed by atoms with van der Waals surface area (Å²) in [6.07, 6.45) is 0.934. The Morgan fingerprint density at radius 2 is 1.06 bits per heavy atom. The van der Waals surface area contributed by atoms with Crippen molar-refractivity contribution in [3.8, 4) is 12.1 Å². The normalized spacial score (nSPS) is 8.50. The average Bonchev–Trinajstić information content (AvgIpc) is 2.04. The molecule has 0 aliphatic rings. The van der Waals surface area contributed by atoms with E-state index in [4.69, 9.17) is 10.5 Å². The number of hydrogen-bond donors (Lipinski definition) is 0. The summed E-state index contributed by atoms with van der Waals surface area (Å²) < 4.78 is 0. The Balaban J connectivity index is -0.0000000428. The van der Waals surface area contributed by atoms with E-state index in [2.05, 4.69) is 12.1 Å². The van der Waals surface area contributed by atoms with E-state index in [9.17, 15) is 0 Å². The van der Waals surface area contributed by atoms with Crippen molar-refractivity contribution >= 4 is 0 Å². The summed E-state index contributed by atoms with van der Waals surface area (Å²) in [5.74, 6) is 0. The molecule has 0 rings (SSSR count). The van der Waals surface area contributed by atoms with Crippen molar-refractivity contribution in [2.24, 2.45) is 10.8 Å². The van der Waals surface area contributed by atoms with E-state index < -0.39 is 0 Å². The van der Waals surface area contributed by atoms with Gasteiger partial charge in [0.05, 0.1) is 17.6 Å². The summed E-state index contributed by atoms with van der Waals surface area (Å²) in [4.78, 5) is 0. The van der Waals surface area contributed by atoms with Gasteiger partial charge in [-0.15, -0.1) is 0 Å². The van der Waals surface area contributed by atoms with Gasteiger partial charge < -0.3 is 0 Å². The number of nitrogens with zero attached hydrogens (tertiary/aromatic N) is 2. The highest BCUT2D eigenvalue weighted by Crippen LogP contribution is 2.16. The predicted molar refractivity (Wildman–Crippen MR) is 74.9 cm³/mol. The molecule has 0 aromatic rings. The van der Waals surface area contributed by atoms with Crippen molar-refractivity contribution < 1.29 is 0 Å². The van der Waals surface area contributed by atoms with Gasteiger partial charge >= 0.3 is 0 Å². The van der Waals surface area contributed by atoms with Crippen LogP contribution in [0, 0.1) is 33.5 Å². The molecule has 0 saturated heterocycles. The van der Waals surface area contributed by atoms with E-state index in [1.807, 2.05) is 41.5 Å². The first kappa shape index (κ1) is 29.4. The predicted octanol–water partition coefficient (Wildman–Crippen LogP) is 5.41. The van der Waals surface area contributed by atoms with Gasteiger partial charge in [-0.3, -0.25) is 0 Å². The molecule has 0 unspecified atom stereocenters. The summed E-state index contributed by atoms with van der Waals surface area (Å²) in [7, 11) is 0. The van der Waals surface area contributed by atoms with Crippen molar-refractivity contribution in [3.63, 3.8) is 0 Å². The van der Waals surface area contributed by atoms with E-state index in [-0.39, 0.29) is 33.1 Å². The molecule has 2 nitrogen and oxygen atoms in total. The zero-order valence-corrected chi connectivity index (χ0v) is 9.60. The molecular formula is C14H32N2. The molecule has 2 heteroatoms. The van der Waals surface area contributed by atoms with Crippen LogP contribution in [0.25, 0.3) is 0 Å². The second-order valence-electron chi connectivity index (χ2n) is 4.71. The molecular weight excluding hydrogens is 196 g/mol. The van der Waals surface area contributed by atoms with Crippen LogP contribution in [0.1, 0.15) is 70.2 Å². The highest BCUT2D eigenvalue weighted by Gasteiger charge is 2.11. The third kappa shape index (κ3) is 29.3. The van der Waals surface area contributed by atoms with E-state index >= 15 is 0 Å². The van der Waals surface area contributed by atoms with E-state index in [0.29, 0.717) is 0 Å². The van der Waals surface area contributed by atoms with Gasteiger partial charge in [-0.05, 0) is 41.0 Å². The monoisotopic (exact) mass is 228 g/mol. The first-order valence-corrected chi connectivity index (χ1v) is 4.51. The maximum absolute atomic E-state index is 8.34. The first-order chi connectivity index (χ1) is 5.68. The molecule has 0 aromatic heterocycles. The minimum atomic E-state index is -0.153. The first-order valence-electron chi connectivity index (χ1n) is 4.51.